The number of nitrogens with zero attached hydrogens (tertiary/aromatic N) is 4. The number of nitrogens with two attached hydrogens (primary N) is 1. The van der Waals surface area contributed by atoms with Crippen molar-refractivity contribution in [3.63, 3.8) is 0 Å². The van der Waals surface area contributed by atoms with Crippen LogP contribution in [0.15, 0.2) is 53.6 Å². The van der Waals surface area contributed by atoms with E-state index in [9.17, 15) is 18.0 Å². The van der Waals surface area contributed by atoms with E-state index in [4.69, 9.17) is 5.73 Å². The van der Waals surface area contributed by atoms with Gasteiger partial charge in [-0.3, -0.25) is 9.36 Å². The molecular weight excluding hydrogens is 347 g/mol. The Balaban J connectivity index is 2.13. The topological polar surface area (TPSA) is 78.7 Å². The molecule has 0 saturated heterocycles. The van der Waals surface area contributed by atoms with Gasteiger partial charge in [0.15, 0.2) is 0 Å². The molecule has 6 nitrogen and oxygen atoms in total. The SMILES string of the molecule is Nc1ncccc1-n1ncc2c(=O)n(CC(F)(F)F)c3ccccc3c21. The van der Waals surface area contributed by atoms with Crippen LogP contribution in [0.25, 0.3) is 27.5 Å². The standard InChI is InChI=1S/C17H12F3N5O/c18-17(19,20)9-24-12-5-2-1-4-10(12)14-11(16(24)26)8-23-25(14)13-6-3-7-22-15(13)21/h1-8H,9H2,(H2,21,22). The summed E-state index contributed by atoms with van der Waals surface area (Å²) in [5.41, 5.74) is 6.14. The van der Waals surface area contributed by atoms with E-state index in [1.165, 1.54) is 23.1 Å². The second-order valence-corrected chi connectivity index (χ2v) is 5.75. The van der Waals surface area contributed by atoms with E-state index in [0.717, 1.165) is 4.57 Å². The molecule has 0 amide bonds. The van der Waals surface area contributed by atoms with Gasteiger partial charge in [0.05, 0.1) is 22.6 Å². The maximum absolute atomic E-state index is 13.0. The number of hydrogen-bond acceptors (Lipinski definition) is 4. The van der Waals surface area contributed by atoms with Gasteiger partial charge in [0.1, 0.15) is 18.1 Å². The second kappa shape index (κ2) is 5.58. The first-order chi connectivity index (χ1) is 12.4. The van der Waals surface area contributed by atoms with Gasteiger partial charge in [0, 0.05) is 11.6 Å². The molecule has 0 unspecified atom stereocenters. The van der Waals surface area contributed by atoms with Crippen LogP contribution in [0.3, 0.4) is 0 Å². The molecule has 3 heterocycles. The molecule has 0 radical (unpaired) electrons. The Morgan fingerprint density at radius 2 is 1.85 bits per heavy atom. The van der Waals surface area contributed by atoms with Crippen LogP contribution >= 0.6 is 0 Å². The number of para-hydroxylation sites is 1. The number of anilines is 1. The zero-order valence-corrected chi connectivity index (χ0v) is 13.2. The maximum atomic E-state index is 13.0. The molecule has 9 heteroatoms. The van der Waals surface area contributed by atoms with Gasteiger partial charge in [-0.15, -0.1) is 0 Å². The van der Waals surface area contributed by atoms with Crippen molar-refractivity contribution < 1.29 is 13.2 Å². The largest absolute Gasteiger partial charge is 0.406 e. The summed E-state index contributed by atoms with van der Waals surface area (Å²) in [6.07, 6.45) is -1.76. The van der Waals surface area contributed by atoms with Gasteiger partial charge in [0.2, 0.25) is 0 Å². The Bertz CT molecular complexity index is 1190. The summed E-state index contributed by atoms with van der Waals surface area (Å²) in [5, 5.41) is 4.72. The summed E-state index contributed by atoms with van der Waals surface area (Å²) in [6, 6.07) is 9.73. The van der Waals surface area contributed by atoms with E-state index in [1.807, 2.05) is 0 Å². The molecule has 4 rings (SSSR count). The Morgan fingerprint density at radius 1 is 1.08 bits per heavy atom. The fourth-order valence-corrected chi connectivity index (χ4v) is 3.04. The minimum atomic E-state index is -4.52. The van der Waals surface area contributed by atoms with Gasteiger partial charge < -0.3 is 5.73 Å². The van der Waals surface area contributed by atoms with Gasteiger partial charge in [-0.25, -0.2) is 9.67 Å². The van der Waals surface area contributed by atoms with Crippen LogP contribution in [-0.2, 0) is 6.54 Å². The van der Waals surface area contributed by atoms with Gasteiger partial charge in [-0.05, 0) is 18.2 Å². The van der Waals surface area contributed by atoms with Crippen LogP contribution in [0, 0.1) is 0 Å². The highest BCUT2D eigenvalue weighted by molar-refractivity contribution is 6.04. The minimum absolute atomic E-state index is 0.0798. The summed E-state index contributed by atoms with van der Waals surface area (Å²) in [4.78, 5) is 16.7. The molecule has 26 heavy (non-hydrogen) atoms. The average molecular weight is 359 g/mol. The van der Waals surface area contributed by atoms with E-state index < -0.39 is 18.3 Å². The lowest BCUT2D eigenvalue weighted by Gasteiger charge is -2.14. The highest BCUT2D eigenvalue weighted by Crippen LogP contribution is 2.28. The summed E-state index contributed by atoms with van der Waals surface area (Å²) in [6.45, 7) is -1.37. The Labute approximate surface area is 144 Å². The normalized spacial score (nSPS) is 12.1. The molecule has 0 spiro atoms. The van der Waals surface area contributed by atoms with Crippen molar-refractivity contribution in [2.45, 2.75) is 12.7 Å². The van der Waals surface area contributed by atoms with Crippen LogP contribution in [0.4, 0.5) is 19.0 Å². The molecule has 0 aliphatic rings. The highest BCUT2D eigenvalue weighted by atomic mass is 19.4. The van der Waals surface area contributed by atoms with Crippen molar-refractivity contribution in [2.75, 3.05) is 5.73 Å². The minimum Gasteiger partial charge on any atom is -0.382 e. The fraction of sp³-hybridized carbons (Fsp3) is 0.118. The van der Waals surface area contributed by atoms with Crippen molar-refractivity contribution in [3.8, 4) is 5.69 Å². The van der Waals surface area contributed by atoms with Crippen LogP contribution in [-0.4, -0.2) is 25.5 Å². The lowest BCUT2D eigenvalue weighted by atomic mass is 10.1. The van der Waals surface area contributed by atoms with E-state index in [2.05, 4.69) is 10.1 Å². The van der Waals surface area contributed by atoms with Crippen molar-refractivity contribution in [3.05, 3.63) is 59.1 Å². The van der Waals surface area contributed by atoms with E-state index >= 15 is 0 Å². The Hall–Kier alpha value is -3.36. The number of hydrogen-bond donors (Lipinski definition) is 1. The monoisotopic (exact) mass is 359 g/mol. The molecule has 1 aromatic carbocycles. The average Bonchev–Trinajstić information content (AvgIpc) is 3.03. The number of nitrogen functional groups attached to an aromatic ring is 1. The van der Waals surface area contributed by atoms with Crippen LogP contribution in [0.5, 0.6) is 0 Å². The molecule has 3 aromatic heterocycles. The number of halogens is 3. The van der Waals surface area contributed by atoms with Gasteiger partial charge in [0.25, 0.3) is 5.56 Å². The first-order valence-corrected chi connectivity index (χ1v) is 7.64. The fourth-order valence-electron chi connectivity index (χ4n) is 3.04. The van der Waals surface area contributed by atoms with E-state index in [1.54, 1.807) is 30.3 Å². The lowest BCUT2D eigenvalue weighted by Crippen LogP contribution is -2.28. The van der Waals surface area contributed by atoms with Gasteiger partial charge in [-0.1, -0.05) is 18.2 Å². The second-order valence-electron chi connectivity index (χ2n) is 5.75. The van der Waals surface area contributed by atoms with Crippen molar-refractivity contribution in [1.82, 2.24) is 19.3 Å². The maximum Gasteiger partial charge on any atom is 0.406 e. The molecule has 0 aliphatic heterocycles. The molecule has 4 aromatic rings. The molecule has 2 N–H and O–H groups in total. The number of alkyl halides is 3. The molecule has 132 valence electrons. The zero-order chi connectivity index (χ0) is 18.5. The van der Waals surface area contributed by atoms with Gasteiger partial charge >= 0.3 is 6.18 Å². The molecule has 0 fully saturated rings. The molecule has 0 aliphatic carbocycles. The van der Waals surface area contributed by atoms with Crippen LogP contribution in [0.1, 0.15) is 0 Å². The Morgan fingerprint density at radius 3 is 2.58 bits per heavy atom. The van der Waals surface area contributed by atoms with E-state index in [0.29, 0.717) is 16.6 Å². The summed E-state index contributed by atoms with van der Waals surface area (Å²) >= 11 is 0. The van der Waals surface area contributed by atoms with Crippen molar-refractivity contribution in [2.24, 2.45) is 0 Å². The smallest absolute Gasteiger partial charge is 0.382 e. The van der Waals surface area contributed by atoms with Crippen LogP contribution in [0.2, 0.25) is 0 Å². The third-order valence-electron chi connectivity index (χ3n) is 4.08. The van der Waals surface area contributed by atoms with Crippen molar-refractivity contribution >= 4 is 27.6 Å². The molecule has 0 bridgehead atoms. The predicted molar refractivity (Wildman–Crippen MR) is 91.1 cm³/mol. The lowest BCUT2D eigenvalue weighted by molar-refractivity contribution is -0.140. The number of fused-ring (bicyclic) bond motifs is 3. The highest BCUT2D eigenvalue weighted by Gasteiger charge is 2.30. The number of pyridine rings is 2. The number of rotatable bonds is 2. The first kappa shape index (κ1) is 16.1. The zero-order valence-electron chi connectivity index (χ0n) is 13.2. The Kier molecular flexibility index (Phi) is 3.46. The number of aromatic nitrogens is 4. The summed E-state index contributed by atoms with van der Waals surface area (Å²) < 4.78 is 41.0. The number of benzene rings is 1. The molecule has 0 atom stereocenters. The summed E-state index contributed by atoms with van der Waals surface area (Å²) in [7, 11) is 0. The third kappa shape index (κ3) is 2.48. The first-order valence-electron chi connectivity index (χ1n) is 7.64. The van der Waals surface area contributed by atoms with Crippen LogP contribution < -0.4 is 11.3 Å². The summed E-state index contributed by atoms with van der Waals surface area (Å²) in [5.74, 6) is 0.195. The van der Waals surface area contributed by atoms with E-state index in [-0.39, 0.29) is 16.7 Å². The van der Waals surface area contributed by atoms with Gasteiger partial charge in [-0.2, -0.15) is 18.3 Å². The molecular formula is C17H12F3N5O. The molecule has 0 saturated carbocycles. The predicted octanol–water partition coefficient (Wildman–Crippen LogP) is 2.88. The quantitative estimate of drug-likeness (QED) is 0.597. The van der Waals surface area contributed by atoms with Crippen molar-refractivity contribution in [1.29, 1.82) is 0 Å². The third-order valence-corrected chi connectivity index (χ3v) is 4.08.